The molecular formula is C25H22N2O. The molecule has 2 aromatic rings. The first-order valence-electron chi connectivity index (χ1n) is 10.1. The molecule has 0 unspecified atom stereocenters. The maximum absolute atomic E-state index is 11.7. The number of carbonyl (C=O) groups is 1. The highest BCUT2D eigenvalue weighted by Crippen LogP contribution is 2.34. The van der Waals surface area contributed by atoms with Crippen molar-refractivity contribution in [1.82, 2.24) is 0 Å². The van der Waals surface area contributed by atoms with Crippen LogP contribution in [0.5, 0.6) is 0 Å². The minimum atomic E-state index is 0.285. The number of benzene rings is 2. The number of ketones is 1. The third-order valence-electron chi connectivity index (χ3n) is 5.98. The van der Waals surface area contributed by atoms with Crippen LogP contribution in [0.1, 0.15) is 52.6 Å². The third kappa shape index (κ3) is 3.31. The lowest BCUT2D eigenvalue weighted by Crippen LogP contribution is -2.04. The molecule has 3 aliphatic rings. The van der Waals surface area contributed by atoms with Crippen LogP contribution in [0.15, 0.2) is 46.4 Å². The fraction of sp³-hybridized carbons (Fsp3) is 0.320. The first kappa shape index (κ1) is 17.1. The van der Waals surface area contributed by atoms with E-state index in [1.165, 1.54) is 24.8 Å². The standard InChI is InChI=1S/C25H22N2O/c1-2-17-11-20(9-7-18(17)6-5-16-3-4-16)24-15-26-25(27-24)21-10-8-19-13-23(28)14-22(19)12-21/h1,7-12,16H,3-6,13-15H2. The van der Waals surface area contributed by atoms with Crippen LogP contribution in [0.3, 0.4) is 0 Å². The van der Waals surface area contributed by atoms with Crippen molar-refractivity contribution in [1.29, 1.82) is 0 Å². The molecular weight excluding hydrogens is 344 g/mol. The van der Waals surface area contributed by atoms with Gasteiger partial charge in [-0.15, -0.1) is 6.42 Å². The zero-order valence-corrected chi connectivity index (χ0v) is 15.9. The lowest BCUT2D eigenvalue weighted by Gasteiger charge is -2.07. The van der Waals surface area contributed by atoms with Gasteiger partial charge in [-0.25, -0.2) is 4.99 Å². The maximum atomic E-state index is 11.7. The number of nitrogens with zero attached hydrogens (tertiary/aromatic N) is 2. The van der Waals surface area contributed by atoms with Crippen molar-refractivity contribution in [2.45, 2.75) is 38.5 Å². The van der Waals surface area contributed by atoms with Crippen LogP contribution in [0.2, 0.25) is 0 Å². The summed E-state index contributed by atoms with van der Waals surface area (Å²) in [5, 5.41) is 0. The predicted octanol–water partition coefficient (Wildman–Crippen LogP) is 3.93. The number of carbonyl (C=O) groups excluding carboxylic acids is 1. The SMILES string of the molecule is C#Cc1cc(C2=NC(c3ccc4c(c3)CC(=O)C4)=NC2)ccc1CCC1CC1. The Hall–Kier alpha value is -2.99. The van der Waals surface area contributed by atoms with Gasteiger partial charge in [0.05, 0.1) is 12.3 Å². The van der Waals surface area contributed by atoms with Crippen LogP contribution < -0.4 is 0 Å². The Morgan fingerprint density at radius 3 is 2.68 bits per heavy atom. The van der Waals surface area contributed by atoms with E-state index in [4.69, 9.17) is 11.4 Å². The number of hydrogen-bond donors (Lipinski definition) is 0. The van der Waals surface area contributed by atoms with Gasteiger partial charge in [-0.05, 0) is 53.1 Å². The molecule has 0 N–H and O–H groups in total. The largest absolute Gasteiger partial charge is 0.299 e. The van der Waals surface area contributed by atoms with E-state index in [2.05, 4.69) is 35.2 Å². The maximum Gasteiger partial charge on any atom is 0.155 e. The van der Waals surface area contributed by atoms with E-state index in [-0.39, 0.29) is 5.78 Å². The zero-order valence-electron chi connectivity index (χ0n) is 15.9. The summed E-state index contributed by atoms with van der Waals surface area (Å²) in [4.78, 5) is 21.1. The number of rotatable bonds is 5. The Labute approximate surface area is 165 Å². The summed E-state index contributed by atoms with van der Waals surface area (Å²) in [5.74, 6) is 4.79. The topological polar surface area (TPSA) is 41.8 Å². The number of terminal acetylenes is 1. The molecule has 1 fully saturated rings. The van der Waals surface area contributed by atoms with Crippen LogP contribution in [-0.2, 0) is 24.1 Å². The number of hydrogen-bond acceptors (Lipinski definition) is 3. The Bertz CT molecular complexity index is 1080. The smallest absolute Gasteiger partial charge is 0.155 e. The quantitative estimate of drug-likeness (QED) is 0.739. The van der Waals surface area contributed by atoms with Crippen LogP contribution in [0, 0.1) is 18.3 Å². The highest BCUT2D eigenvalue weighted by Gasteiger charge is 2.22. The molecule has 2 aromatic carbocycles. The van der Waals surface area contributed by atoms with Crippen LogP contribution in [0.25, 0.3) is 0 Å². The molecule has 2 aliphatic carbocycles. The summed E-state index contributed by atoms with van der Waals surface area (Å²) in [5.41, 5.74) is 7.49. The third-order valence-corrected chi connectivity index (χ3v) is 5.98. The molecule has 0 radical (unpaired) electrons. The van der Waals surface area contributed by atoms with E-state index >= 15 is 0 Å². The molecule has 0 spiro atoms. The predicted molar refractivity (Wildman–Crippen MR) is 112 cm³/mol. The summed E-state index contributed by atoms with van der Waals surface area (Å²) >= 11 is 0. The van der Waals surface area contributed by atoms with E-state index in [0.717, 1.165) is 51.7 Å². The number of fused-ring (bicyclic) bond motifs is 1. The second kappa shape index (κ2) is 6.87. The number of Topliss-reactive ketones (excluding diaryl/α,β-unsaturated/α-hetero) is 1. The van der Waals surface area contributed by atoms with Gasteiger partial charge in [0.2, 0.25) is 0 Å². The molecule has 0 bridgehead atoms. The zero-order chi connectivity index (χ0) is 19.1. The van der Waals surface area contributed by atoms with E-state index in [0.29, 0.717) is 19.4 Å². The van der Waals surface area contributed by atoms with E-state index < -0.39 is 0 Å². The fourth-order valence-corrected chi connectivity index (χ4v) is 4.12. The van der Waals surface area contributed by atoms with Crippen molar-refractivity contribution in [3.8, 4) is 12.3 Å². The van der Waals surface area contributed by atoms with Gasteiger partial charge in [0.25, 0.3) is 0 Å². The molecule has 0 atom stereocenters. The lowest BCUT2D eigenvalue weighted by atomic mass is 9.97. The number of aliphatic imine (C=N–C) groups is 2. The first-order valence-corrected chi connectivity index (χ1v) is 10.1. The highest BCUT2D eigenvalue weighted by atomic mass is 16.1. The summed E-state index contributed by atoms with van der Waals surface area (Å²) in [7, 11) is 0. The highest BCUT2D eigenvalue weighted by molar-refractivity contribution is 6.17. The Kier molecular flexibility index (Phi) is 4.20. The average molecular weight is 366 g/mol. The minimum Gasteiger partial charge on any atom is -0.299 e. The second-order valence-electron chi connectivity index (χ2n) is 8.07. The molecule has 0 amide bonds. The molecule has 5 rings (SSSR count). The number of amidine groups is 1. The van der Waals surface area contributed by atoms with Crippen molar-refractivity contribution < 1.29 is 4.79 Å². The second-order valence-corrected chi connectivity index (χ2v) is 8.07. The summed E-state index contributed by atoms with van der Waals surface area (Å²) in [6.45, 7) is 0.566. The average Bonchev–Trinajstić information content (AvgIpc) is 3.26. The van der Waals surface area contributed by atoms with E-state index in [1.54, 1.807) is 0 Å². The summed E-state index contributed by atoms with van der Waals surface area (Å²) in [6.07, 6.45) is 11.9. The van der Waals surface area contributed by atoms with Gasteiger partial charge in [-0.1, -0.05) is 43.0 Å². The van der Waals surface area contributed by atoms with Crippen molar-refractivity contribution in [3.05, 3.63) is 69.8 Å². The molecule has 1 heterocycles. The van der Waals surface area contributed by atoms with Gasteiger partial charge in [0.1, 0.15) is 5.78 Å². The summed E-state index contributed by atoms with van der Waals surface area (Å²) < 4.78 is 0. The molecule has 3 heteroatoms. The molecule has 0 aromatic heterocycles. The minimum absolute atomic E-state index is 0.285. The lowest BCUT2D eigenvalue weighted by molar-refractivity contribution is -0.117. The van der Waals surface area contributed by atoms with Gasteiger partial charge in [-0.2, -0.15) is 0 Å². The van der Waals surface area contributed by atoms with Crippen LogP contribution in [-0.4, -0.2) is 23.9 Å². The first-order chi connectivity index (χ1) is 13.7. The van der Waals surface area contributed by atoms with Crippen molar-refractivity contribution in [3.63, 3.8) is 0 Å². The normalized spacial score (nSPS) is 17.9. The fourth-order valence-electron chi connectivity index (χ4n) is 4.12. The molecule has 1 saturated carbocycles. The monoisotopic (exact) mass is 366 g/mol. The number of aryl methyl sites for hydroxylation is 1. The van der Waals surface area contributed by atoms with Gasteiger partial charge >= 0.3 is 0 Å². The van der Waals surface area contributed by atoms with Crippen molar-refractivity contribution in [2.75, 3.05) is 6.54 Å². The van der Waals surface area contributed by atoms with Crippen molar-refractivity contribution in [2.24, 2.45) is 15.9 Å². The van der Waals surface area contributed by atoms with Crippen LogP contribution >= 0.6 is 0 Å². The van der Waals surface area contributed by atoms with Gasteiger partial charge < -0.3 is 0 Å². The van der Waals surface area contributed by atoms with E-state index in [9.17, 15) is 4.79 Å². The summed E-state index contributed by atoms with van der Waals surface area (Å²) in [6, 6.07) is 12.5. The molecule has 0 saturated heterocycles. The Morgan fingerprint density at radius 1 is 1.04 bits per heavy atom. The van der Waals surface area contributed by atoms with Gasteiger partial charge in [0, 0.05) is 24.0 Å². The molecule has 138 valence electrons. The van der Waals surface area contributed by atoms with Gasteiger partial charge in [0.15, 0.2) is 5.84 Å². The Morgan fingerprint density at radius 2 is 1.86 bits per heavy atom. The van der Waals surface area contributed by atoms with Crippen LogP contribution in [0.4, 0.5) is 0 Å². The van der Waals surface area contributed by atoms with Crippen molar-refractivity contribution >= 4 is 17.3 Å². The Balaban J connectivity index is 1.37. The van der Waals surface area contributed by atoms with Gasteiger partial charge in [-0.3, -0.25) is 9.79 Å². The molecule has 28 heavy (non-hydrogen) atoms. The van der Waals surface area contributed by atoms with E-state index in [1.807, 2.05) is 12.1 Å². The molecule has 1 aliphatic heterocycles. The molecule has 3 nitrogen and oxygen atoms in total.